The van der Waals surface area contributed by atoms with Crippen molar-refractivity contribution in [1.29, 1.82) is 0 Å². The molecule has 0 aromatic heterocycles. The van der Waals surface area contributed by atoms with Crippen molar-refractivity contribution < 1.29 is 18.0 Å². The number of benzene rings is 4. The highest BCUT2D eigenvalue weighted by molar-refractivity contribution is 7.92. The summed E-state index contributed by atoms with van der Waals surface area (Å²) in [7, 11) is -4.20. The number of nitrogens with one attached hydrogen (secondary N) is 1. The fourth-order valence-corrected chi connectivity index (χ4v) is 6.76. The van der Waals surface area contributed by atoms with Crippen LogP contribution in [-0.2, 0) is 32.6 Å². The SMILES string of the molecule is CC[C@H](C)NC(=O)[C@@H](Cc1ccccc1)N(Cc1cccc(C)c1)C(=O)CN(c1cccc(Cl)c1C)S(=O)(=O)c1ccccc1. The maximum Gasteiger partial charge on any atom is 0.264 e. The number of hydrogen-bond acceptors (Lipinski definition) is 4. The number of sulfonamides is 1. The minimum Gasteiger partial charge on any atom is -0.352 e. The molecule has 2 amide bonds. The number of carbonyl (C=O) groups is 2. The maximum atomic E-state index is 14.6. The van der Waals surface area contributed by atoms with Crippen molar-refractivity contribution in [2.75, 3.05) is 10.8 Å². The van der Waals surface area contributed by atoms with Gasteiger partial charge in [-0.05, 0) is 68.1 Å². The highest BCUT2D eigenvalue weighted by Crippen LogP contribution is 2.31. The van der Waals surface area contributed by atoms with Gasteiger partial charge >= 0.3 is 0 Å². The first-order chi connectivity index (χ1) is 21.5. The molecule has 0 bridgehead atoms. The van der Waals surface area contributed by atoms with E-state index in [-0.39, 0.29) is 29.8 Å². The third kappa shape index (κ3) is 8.53. The van der Waals surface area contributed by atoms with Gasteiger partial charge in [0.1, 0.15) is 12.6 Å². The van der Waals surface area contributed by atoms with Crippen molar-refractivity contribution in [1.82, 2.24) is 10.2 Å². The van der Waals surface area contributed by atoms with Gasteiger partial charge in [-0.2, -0.15) is 0 Å². The summed E-state index contributed by atoms with van der Waals surface area (Å²) in [6.45, 7) is 7.15. The molecule has 45 heavy (non-hydrogen) atoms. The average Bonchev–Trinajstić information content (AvgIpc) is 3.03. The Hall–Kier alpha value is -4.14. The Bertz CT molecular complexity index is 1720. The van der Waals surface area contributed by atoms with Gasteiger partial charge in [-0.15, -0.1) is 0 Å². The van der Waals surface area contributed by atoms with Gasteiger partial charge in [0, 0.05) is 24.0 Å². The number of nitrogens with zero attached hydrogens (tertiary/aromatic N) is 2. The number of carbonyl (C=O) groups excluding carboxylic acids is 2. The van der Waals surface area contributed by atoms with Crippen molar-refractivity contribution >= 4 is 39.1 Å². The molecule has 1 N–H and O–H groups in total. The summed E-state index contributed by atoms with van der Waals surface area (Å²) in [6, 6.07) is 29.2. The van der Waals surface area contributed by atoms with E-state index < -0.39 is 28.5 Å². The molecule has 0 aliphatic heterocycles. The summed E-state index contributed by atoms with van der Waals surface area (Å²) < 4.78 is 29.4. The predicted octanol–water partition coefficient (Wildman–Crippen LogP) is 6.71. The van der Waals surface area contributed by atoms with Crippen LogP contribution in [0.1, 0.15) is 42.5 Å². The second kappa shape index (κ2) is 15.2. The summed E-state index contributed by atoms with van der Waals surface area (Å²) in [5.74, 6) is -0.818. The molecule has 0 saturated carbocycles. The quantitative estimate of drug-likeness (QED) is 0.175. The monoisotopic (exact) mass is 645 g/mol. The normalized spacial score (nSPS) is 12.6. The largest absolute Gasteiger partial charge is 0.352 e. The van der Waals surface area contributed by atoms with Gasteiger partial charge < -0.3 is 10.2 Å². The van der Waals surface area contributed by atoms with Gasteiger partial charge in [0.05, 0.1) is 10.6 Å². The Morgan fingerprint density at radius 3 is 2.11 bits per heavy atom. The number of amides is 2. The lowest BCUT2D eigenvalue weighted by Crippen LogP contribution is -2.54. The van der Waals surface area contributed by atoms with E-state index in [1.165, 1.54) is 17.0 Å². The lowest BCUT2D eigenvalue weighted by molar-refractivity contribution is -0.140. The molecule has 236 valence electrons. The topological polar surface area (TPSA) is 86.8 Å². The molecule has 0 radical (unpaired) electrons. The van der Waals surface area contributed by atoms with Crippen molar-refractivity contribution in [3.8, 4) is 0 Å². The molecule has 0 saturated heterocycles. The van der Waals surface area contributed by atoms with Crippen LogP contribution in [0.4, 0.5) is 5.69 Å². The highest BCUT2D eigenvalue weighted by atomic mass is 35.5. The third-order valence-electron chi connectivity index (χ3n) is 7.83. The minimum absolute atomic E-state index is 0.0396. The van der Waals surface area contributed by atoms with Gasteiger partial charge in [0.15, 0.2) is 0 Å². The zero-order valence-corrected chi connectivity index (χ0v) is 27.7. The smallest absolute Gasteiger partial charge is 0.264 e. The lowest BCUT2D eigenvalue weighted by Gasteiger charge is -2.34. The van der Waals surface area contributed by atoms with E-state index in [2.05, 4.69) is 5.32 Å². The van der Waals surface area contributed by atoms with Crippen LogP contribution < -0.4 is 9.62 Å². The number of rotatable bonds is 13. The Morgan fingerprint density at radius 2 is 1.47 bits per heavy atom. The summed E-state index contributed by atoms with van der Waals surface area (Å²) in [4.78, 5) is 30.1. The fraction of sp³-hybridized carbons (Fsp3) is 0.278. The Labute approximate surface area is 271 Å². The van der Waals surface area contributed by atoms with Crippen molar-refractivity contribution in [3.63, 3.8) is 0 Å². The van der Waals surface area contributed by atoms with Crippen LogP contribution in [0.2, 0.25) is 5.02 Å². The average molecular weight is 646 g/mol. The second-order valence-corrected chi connectivity index (χ2v) is 13.5. The Morgan fingerprint density at radius 1 is 0.844 bits per heavy atom. The van der Waals surface area contributed by atoms with Gasteiger partial charge in [0.25, 0.3) is 10.0 Å². The molecular weight excluding hydrogens is 606 g/mol. The molecule has 0 fully saturated rings. The Balaban J connectivity index is 1.83. The number of anilines is 1. The van der Waals surface area contributed by atoms with Gasteiger partial charge in [-0.25, -0.2) is 8.42 Å². The van der Waals surface area contributed by atoms with Gasteiger partial charge in [-0.3, -0.25) is 13.9 Å². The molecule has 4 rings (SSSR count). The predicted molar refractivity (Wildman–Crippen MR) is 181 cm³/mol. The molecule has 4 aromatic carbocycles. The van der Waals surface area contributed by atoms with Crippen molar-refractivity contribution in [2.24, 2.45) is 0 Å². The van der Waals surface area contributed by atoms with E-state index in [0.29, 0.717) is 22.7 Å². The van der Waals surface area contributed by atoms with Crippen LogP contribution in [-0.4, -0.2) is 43.8 Å². The zero-order chi connectivity index (χ0) is 32.6. The van der Waals surface area contributed by atoms with Crippen LogP contribution in [0, 0.1) is 13.8 Å². The molecule has 0 unspecified atom stereocenters. The standard InChI is InChI=1S/C36H40ClN3O4S/c1-5-27(3)38-36(42)34(23-29-15-8-6-9-16-29)39(24-30-17-12-14-26(2)22-30)35(41)25-40(33-21-13-20-32(37)28(33)4)45(43,44)31-18-10-7-11-19-31/h6-22,27,34H,5,23-25H2,1-4H3,(H,38,42)/t27-,34+/m0/s1. The fourth-order valence-electron chi connectivity index (χ4n) is 5.10. The molecule has 2 atom stereocenters. The van der Waals surface area contributed by atoms with Crippen molar-refractivity contribution in [2.45, 2.75) is 64.1 Å². The van der Waals surface area contributed by atoms with Gasteiger partial charge in [-0.1, -0.05) is 103 Å². The van der Waals surface area contributed by atoms with E-state index in [1.54, 1.807) is 43.3 Å². The summed E-state index contributed by atoms with van der Waals surface area (Å²) in [5, 5.41) is 3.43. The van der Waals surface area contributed by atoms with Crippen LogP contribution in [0.25, 0.3) is 0 Å². The zero-order valence-electron chi connectivity index (χ0n) is 26.1. The first-order valence-electron chi connectivity index (χ1n) is 15.0. The van der Waals surface area contributed by atoms with Crippen molar-refractivity contribution in [3.05, 3.63) is 130 Å². The summed E-state index contributed by atoms with van der Waals surface area (Å²) in [5.41, 5.74) is 3.52. The van der Waals surface area contributed by atoms with Crippen LogP contribution in [0.15, 0.2) is 108 Å². The molecule has 0 spiro atoms. The van der Waals surface area contributed by atoms with E-state index in [9.17, 15) is 18.0 Å². The molecule has 0 heterocycles. The molecule has 9 heteroatoms. The minimum atomic E-state index is -4.20. The number of halogens is 1. The van der Waals surface area contributed by atoms with Crippen LogP contribution in [0.5, 0.6) is 0 Å². The second-order valence-electron chi connectivity index (χ2n) is 11.2. The number of aryl methyl sites for hydroxylation is 1. The lowest BCUT2D eigenvalue weighted by atomic mass is 10.0. The molecule has 0 aliphatic rings. The van der Waals surface area contributed by atoms with E-state index >= 15 is 0 Å². The number of hydrogen-bond donors (Lipinski definition) is 1. The maximum absolute atomic E-state index is 14.6. The Kier molecular flexibility index (Phi) is 11.4. The van der Waals surface area contributed by atoms with Gasteiger partial charge in [0.2, 0.25) is 11.8 Å². The third-order valence-corrected chi connectivity index (χ3v) is 10.0. The summed E-state index contributed by atoms with van der Waals surface area (Å²) in [6.07, 6.45) is 0.967. The summed E-state index contributed by atoms with van der Waals surface area (Å²) >= 11 is 6.45. The molecule has 0 aliphatic carbocycles. The van der Waals surface area contributed by atoms with E-state index in [4.69, 9.17) is 11.6 Å². The molecule has 7 nitrogen and oxygen atoms in total. The molecule has 4 aromatic rings. The van der Waals surface area contributed by atoms with Crippen LogP contribution >= 0.6 is 11.6 Å². The first kappa shape index (κ1) is 33.7. The van der Waals surface area contributed by atoms with E-state index in [0.717, 1.165) is 21.0 Å². The molecular formula is C36H40ClN3O4S. The van der Waals surface area contributed by atoms with Crippen LogP contribution in [0.3, 0.4) is 0 Å². The van der Waals surface area contributed by atoms with E-state index in [1.807, 2.05) is 75.4 Å². The first-order valence-corrected chi connectivity index (χ1v) is 16.8. The highest BCUT2D eigenvalue weighted by Gasteiger charge is 2.35.